The zero-order valence-corrected chi connectivity index (χ0v) is 19.2. The molecule has 0 atom stereocenters. The fraction of sp³-hybridized carbons (Fsp3) is 0.0741. The molecular formula is C27H21ClN2O5. The van der Waals surface area contributed by atoms with Gasteiger partial charge in [0.1, 0.15) is 18.1 Å². The molecule has 0 radical (unpaired) electrons. The van der Waals surface area contributed by atoms with E-state index in [0.717, 1.165) is 5.56 Å². The van der Waals surface area contributed by atoms with Crippen LogP contribution in [-0.4, -0.2) is 22.0 Å². The van der Waals surface area contributed by atoms with Crippen molar-refractivity contribution in [3.05, 3.63) is 113 Å². The molecule has 35 heavy (non-hydrogen) atoms. The van der Waals surface area contributed by atoms with Crippen LogP contribution in [0.15, 0.2) is 91.1 Å². The third kappa shape index (κ3) is 6.59. The van der Waals surface area contributed by atoms with Gasteiger partial charge in [-0.1, -0.05) is 48.0 Å². The number of para-hydroxylation sites is 1. The van der Waals surface area contributed by atoms with Crippen LogP contribution in [0.1, 0.15) is 21.5 Å². The normalized spacial score (nSPS) is 10.4. The van der Waals surface area contributed by atoms with Crippen molar-refractivity contribution in [2.24, 2.45) is 0 Å². The van der Waals surface area contributed by atoms with Gasteiger partial charge in [0.25, 0.3) is 0 Å². The van der Waals surface area contributed by atoms with Gasteiger partial charge in [0, 0.05) is 22.8 Å². The van der Waals surface area contributed by atoms with Crippen LogP contribution in [0.3, 0.4) is 0 Å². The van der Waals surface area contributed by atoms with Crippen molar-refractivity contribution in [2.45, 2.75) is 13.0 Å². The molecule has 2 N–H and O–H groups in total. The molecule has 4 rings (SSSR count). The number of carboxylic acid groups (broad SMARTS) is 1. The number of halogens is 1. The number of amides is 1. The summed E-state index contributed by atoms with van der Waals surface area (Å²) in [7, 11) is 0. The van der Waals surface area contributed by atoms with Crippen LogP contribution in [-0.2, 0) is 17.8 Å². The minimum atomic E-state index is -1.11. The van der Waals surface area contributed by atoms with Crippen LogP contribution in [0.25, 0.3) is 0 Å². The number of pyridine rings is 1. The number of ether oxygens (including phenoxy) is 2. The van der Waals surface area contributed by atoms with Gasteiger partial charge in [-0.2, -0.15) is 0 Å². The summed E-state index contributed by atoms with van der Waals surface area (Å²) in [5, 5.41) is 12.5. The monoisotopic (exact) mass is 488 g/mol. The molecule has 1 amide bonds. The van der Waals surface area contributed by atoms with Gasteiger partial charge < -0.3 is 19.9 Å². The van der Waals surface area contributed by atoms with Gasteiger partial charge in [0.05, 0.1) is 17.7 Å². The van der Waals surface area contributed by atoms with E-state index >= 15 is 0 Å². The number of anilines is 1. The van der Waals surface area contributed by atoms with Crippen molar-refractivity contribution in [3.8, 4) is 17.4 Å². The fourth-order valence-corrected chi connectivity index (χ4v) is 3.43. The Balaban J connectivity index is 1.30. The Morgan fingerprint density at radius 1 is 0.886 bits per heavy atom. The lowest BCUT2D eigenvalue weighted by Crippen LogP contribution is -2.16. The molecule has 1 heterocycles. The van der Waals surface area contributed by atoms with Crippen LogP contribution in [0.4, 0.5) is 5.69 Å². The summed E-state index contributed by atoms with van der Waals surface area (Å²) in [6, 6.07) is 24.3. The molecule has 0 unspecified atom stereocenters. The quantitative estimate of drug-likeness (QED) is 0.300. The average molecular weight is 489 g/mol. The first kappa shape index (κ1) is 23.8. The summed E-state index contributed by atoms with van der Waals surface area (Å²) < 4.78 is 11.5. The Bertz CT molecular complexity index is 1320. The summed E-state index contributed by atoms with van der Waals surface area (Å²) in [4.78, 5) is 27.9. The number of benzene rings is 3. The number of nitrogens with zero attached hydrogens (tertiary/aromatic N) is 1. The van der Waals surface area contributed by atoms with E-state index in [4.69, 9.17) is 21.1 Å². The number of aromatic carboxylic acids is 1. The molecule has 0 fully saturated rings. The second-order valence-electron chi connectivity index (χ2n) is 7.53. The molecule has 3 aromatic carbocycles. The van der Waals surface area contributed by atoms with Gasteiger partial charge in [-0.15, -0.1) is 0 Å². The second kappa shape index (κ2) is 11.2. The number of nitrogens with one attached hydrogen (secondary N) is 1. The Hall–Kier alpha value is -4.36. The minimum absolute atomic E-state index is 0.0306. The zero-order chi connectivity index (χ0) is 24.6. The lowest BCUT2D eigenvalue weighted by Gasteiger charge is -2.10. The third-order valence-electron chi connectivity index (χ3n) is 4.99. The molecule has 0 bridgehead atoms. The van der Waals surface area contributed by atoms with E-state index in [-0.39, 0.29) is 23.6 Å². The molecule has 8 heteroatoms. The highest BCUT2D eigenvalue weighted by molar-refractivity contribution is 6.31. The second-order valence-corrected chi connectivity index (χ2v) is 7.94. The van der Waals surface area contributed by atoms with Crippen LogP contribution in [0.2, 0.25) is 5.02 Å². The number of carbonyl (C=O) groups is 2. The Kier molecular flexibility index (Phi) is 7.60. The Labute approximate surface area is 206 Å². The van der Waals surface area contributed by atoms with Gasteiger partial charge >= 0.3 is 5.97 Å². The standard InChI is InChI=1S/C27H21ClN2O5/c28-23-7-3-1-5-19(23)17-34-20-10-12-21(13-11-20)35-26-14-9-18(16-29-26)15-25(31)30-24-8-4-2-6-22(24)27(32)33/h1-14,16H,15,17H2,(H,30,31)(H,32,33). The van der Waals surface area contributed by atoms with E-state index in [1.165, 1.54) is 6.07 Å². The van der Waals surface area contributed by atoms with Crippen molar-refractivity contribution in [1.82, 2.24) is 4.98 Å². The van der Waals surface area contributed by atoms with Gasteiger partial charge in [-0.25, -0.2) is 9.78 Å². The number of hydrogen-bond donors (Lipinski definition) is 2. The van der Waals surface area contributed by atoms with Crippen LogP contribution >= 0.6 is 11.6 Å². The van der Waals surface area contributed by atoms with Gasteiger partial charge in [0.2, 0.25) is 11.8 Å². The molecule has 0 saturated carbocycles. The summed E-state index contributed by atoms with van der Waals surface area (Å²) in [5.74, 6) is 0.176. The number of carbonyl (C=O) groups excluding carboxylic acids is 1. The first-order valence-corrected chi connectivity index (χ1v) is 11.1. The smallest absolute Gasteiger partial charge is 0.337 e. The van der Waals surface area contributed by atoms with Crippen molar-refractivity contribution < 1.29 is 24.2 Å². The highest BCUT2D eigenvalue weighted by Crippen LogP contribution is 2.24. The maximum atomic E-state index is 12.3. The average Bonchev–Trinajstić information content (AvgIpc) is 2.86. The van der Waals surface area contributed by atoms with E-state index in [2.05, 4.69) is 10.3 Å². The highest BCUT2D eigenvalue weighted by atomic mass is 35.5. The third-order valence-corrected chi connectivity index (χ3v) is 5.36. The lowest BCUT2D eigenvalue weighted by molar-refractivity contribution is -0.115. The number of hydrogen-bond acceptors (Lipinski definition) is 5. The fourth-order valence-electron chi connectivity index (χ4n) is 3.24. The molecule has 0 saturated heterocycles. The summed E-state index contributed by atoms with van der Waals surface area (Å²) in [6.45, 7) is 0.359. The summed E-state index contributed by atoms with van der Waals surface area (Å²) in [5.41, 5.74) is 1.84. The highest BCUT2D eigenvalue weighted by Gasteiger charge is 2.12. The topological polar surface area (TPSA) is 97.8 Å². The molecule has 4 aromatic rings. The van der Waals surface area contributed by atoms with Crippen molar-refractivity contribution in [3.63, 3.8) is 0 Å². The molecule has 0 aliphatic heterocycles. The van der Waals surface area contributed by atoms with Crippen LogP contribution in [0, 0.1) is 0 Å². The largest absolute Gasteiger partial charge is 0.489 e. The van der Waals surface area contributed by atoms with Crippen molar-refractivity contribution in [1.29, 1.82) is 0 Å². The number of aromatic nitrogens is 1. The Morgan fingerprint density at radius 2 is 1.60 bits per heavy atom. The maximum absolute atomic E-state index is 12.3. The number of carboxylic acids is 1. The SMILES string of the molecule is O=C(Cc1ccc(Oc2ccc(OCc3ccccc3Cl)cc2)nc1)Nc1ccccc1C(=O)O. The number of rotatable bonds is 9. The van der Waals surface area contributed by atoms with Crippen molar-refractivity contribution in [2.75, 3.05) is 5.32 Å². The van der Waals surface area contributed by atoms with E-state index in [1.54, 1.807) is 60.8 Å². The zero-order valence-electron chi connectivity index (χ0n) is 18.5. The Morgan fingerprint density at radius 3 is 2.31 bits per heavy atom. The van der Waals surface area contributed by atoms with Gasteiger partial charge in [0.15, 0.2) is 0 Å². The molecule has 7 nitrogen and oxygen atoms in total. The predicted octanol–water partition coefficient (Wildman–Crippen LogP) is 5.99. The van der Waals surface area contributed by atoms with E-state index in [9.17, 15) is 14.7 Å². The molecule has 0 aliphatic carbocycles. The summed E-state index contributed by atoms with van der Waals surface area (Å²) >= 11 is 6.15. The maximum Gasteiger partial charge on any atom is 0.337 e. The predicted molar refractivity (Wildman–Crippen MR) is 132 cm³/mol. The minimum Gasteiger partial charge on any atom is -0.489 e. The lowest BCUT2D eigenvalue weighted by atomic mass is 10.1. The van der Waals surface area contributed by atoms with E-state index < -0.39 is 5.97 Å². The van der Waals surface area contributed by atoms with Crippen molar-refractivity contribution >= 4 is 29.2 Å². The molecule has 1 aromatic heterocycles. The van der Waals surface area contributed by atoms with Gasteiger partial charge in [-0.3, -0.25) is 4.79 Å². The first-order chi connectivity index (χ1) is 17.0. The van der Waals surface area contributed by atoms with E-state index in [0.29, 0.717) is 34.6 Å². The van der Waals surface area contributed by atoms with E-state index in [1.807, 2.05) is 24.3 Å². The van der Waals surface area contributed by atoms with Crippen LogP contribution < -0.4 is 14.8 Å². The molecule has 0 aliphatic rings. The molecule has 0 spiro atoms. The van der Waals surface area contributed by atoms with Crippen LogP contribution in [0.5, 0.6) is 17.4 Å². The summed E-state index contributed by atoms with van der Waals surface area (Å²) in [6.07, 6.45) is 1.58. The molecule has 176 valence electrons. The molecular weight excluding hydrogens is 468 g/mol. The first-order valence-electron chi connectivity index (χ1n) is 10.7. The van der Waals surface area contributed by atoms with Gasteiger partial charge in [-0.05, 0) is 48.0 Å².